The molecule has 0 spiro atoms. The molecule has 1 aliphatic carbocycles. The van der Waals surface area contributed by atoms with E-state index >= 15 is 0 Å². The zero-order valence-electron chi connectivity index (χ0n) is 12.6. The van der Waals surface area contributed by atoms with Gasteiger partial charge in [-0.15, -0.1) is 0 Å². The highest BCUT2D eigenvalue weighted by Crippen LogP contribution is 2.54. The first kappa shape index (κ1) is 14.2. The summed E-state index contributed by atoms with van der Waals surface area (Å²) in [5.74, 6) is 5.32. The normalized spacial score (nSPS) is 39.3. The minimum atomic E-state index is -0.650. The van der Waals surface area contributed by atoms with Gasteiger partial charge in [0.05, 0.1) is 30.1 Å². The zero-order valence-corrected chi connectivity index (χ0v) is 12.6. The molecule has 5 heteroatoms. The first-order valence-corrected chi connectivity index (χ1v) is 8.02. The Morgan fingerprint density at radius 2 is 2.14 bits per heavy atom. The first-order valence-electron chi connectivity index (χ1n) is 8.02. The number of aliphatic hydroxyl groups excluding tert-OH is 1. The summed E-state index contributed by atoms with van der Waals surface area (Å²) in [5.41, 5.74) is 1.92. The van der Waals surface area contributed by atoms with E-state index in [1.54, 1.807) is 6.07 Å². The zero-order chi connectivity index (χ0) is 15.4. The third-order valence-corrected chi connectivity index (χ3v) is 5.67. The number of hydrogen-bond acceptors (Lipinski definition) is 5. The molecule has 5 nitrogen and oxygen atoms in total. The van der Waals surface area contributed by atoms with Gasteiger partial charge in [-0.05, 0) is 42.5 Å². The Labute approximate surface area is 129 Å². The van der Waals surface area contributed by atoms with E-state index in [-0.39, 0.29) is 29.8 Å². The van der Waals surface area contributed by atoms with E-state index in [0.717, 1.165) is 30.4 Å². The summed E-state index contributed by atoms with van der Waals surface area (Å²) in [6.07, 6.45) is 2.08. The van der Waals surface area contributed by atoms with Crippen molar-refractivity contribution < 1.29 is 19.5 Å². The summed E-state index contributed by atoms with van der Waals surface area (Å²) in [6, 6.07) is 5.48. The summed E-state index contributed by atoms with van der Waals surface area (Å²) in [5, 5.41) is 10.8. The van der Waals surface area contributed by atoms with Crippen LogP contribution in [0.3, 0.4) is 0 Å². The largest absolute Gasteiger partial charge is 0.412 e. The average molecular weight is 303 g/mol. The SMILES string of the molecule is CCc1cc(ON)ccc1C1C(=O)C2C3CCC(O3)C2C1O. The molecule has 0 radical (unpaired) electrons. The Kier molecular flexibility index (Phi) is 3.25. The van der Waals surface area contributed by atoms with Crippen LogP contribution >= 0.6 is 0 Å². The second kappa shape index (κ2) is 5.05. The number of fused-ring (bicyclic) bond motifs is 5. The van der Waals surface area contributed by atoms with Gasteiger partial charge in [-0.1, -0.05) is 13.0 Å². The van der Waals surface area contributed by atoms with E-state index in [1.165, 1.54) is 0 Å². The Morgan fingerprint density at radius 3 is 2.82 bits per heavy atom. The van der Waals surface area contributed by atoms with Gasteiger partial charge < -0.3 is 14.7 Å². The maximum absolute atomic E-state index is 12.9. The highest BCUT2D eigenvalue weighted by atomic mass is 16.6. The third kappa shape index (κ3) is 1.79. The van der Waals surface area contributed by atoms with Gasteiger partial charge in [0.15, 0.2) is 0 Å². The molecule has 1 saturated carbocycles. The molecule has 4 rings (SSSR count). The van der Waals surface area contributed by atoms with Crippen molar-refractivity contribution in [1.29, 1.82) is 0 Å². The van der Waals surface area contributed by atoms with Crippen molar-refractivity contribution in [2.75, 3.05) is 0 Å². The predicted octanol–water partition coefficient (Wildman–Crippen LogP) is 1.32. The number of carbonyl (C=O) groups is 1. The summed E-state index contributed by atoms with van der Waals surface area (Å²) >= 11 is 0. The minimum Gasteiger partial charge on any atom is -0.412 e. The van der Waals surface area contributed by atoms with Crippen LogP contribution in [0.4, 0.5) is 0 Å². The van der Waals surface area contributed by atoms with Gasteiger partial charge in [-0.3, -0.25) is 4.79 Å². The van der Waals surface area contributed by atoms with Crippen LogP contribution in [0, 0.1) is 11.8 Å². The number of nitrogens with two attached hydrogens (primary N) is 1. The summed E-state index contributed by atoms with van der Waals surface area (Å²) < 4.78 is 5.84. The second-order valence-corrected chi connectivity index (χ2v) is 6.60. The van der Waals surface area contributed by atoms with Gasteiger partial charge in [0.2, 0.25) is 0 Å². The van der Waals surface area contributed by atoms with Gasteiger partial charge in [0, 0.05) is 5.92 Å². The van der Waals surface area contributed by atoms with Gasteiger partial charge in [-0.2, -0.15) is 5.90 Å². The van der Waals surface area contributed by atoms with Crippen molar-refractivity contribution in [3.63, 3.8) is 0 Å². The van der Waals surface area contributed by atoms with Gasteiger partial charge in [0.25, 0.3) is 0 Å². The molecule has 2 bridgehead atoms. The number of Topliss-reactive ketones (excluding diaryl/α,β-unsaturated/α-hetero) is 1. The standard InChI is InChI=1S/C17H21NO4/c1-2-8-7-9(22-18)3-4-10(8)13-16(19)14-11-5-6-12(21-11)15(14)17(13)20/h3-4,7,11-16,19H,2,5-6,18H2,1H3. The topological polar surface area (TPSA) is 81.8 Å². The molecule has 2 heterocycles. The molecular formula is C17H21NO4. The van der Waals surface area contributed by atoms with Crippen molar-refractivity contribution in [1.82, 2.24) is 0 Å². The summed E-state index contributed by atoms with van der Waals surface area (Å²) in [4.78, 5) is 17.7. The van der Waals surface area contributed by atoms with E-state index < -0.39 is 12.0 Å². The van der Waals surface area contributed by atoms with Crippen molar-refractivity contribution in [2.24, 2.45) is 17.7 Å². The van der Waals surface area contributed by atoms with Crippen molar-refractivity contribution in [3.8, 4) is 5.75 Å². The van der Waals surface area contributed by atoms with Crippen LogP contribution < -0.4 is 10.7 Å². The monoisotopic (exact) mass is 303 g/mol. The number of ketones is 1. The van der Waals surface area contributed by atoms with Crippen LogP contribution in [-0.4, -0.2) is 29.2 Å². The Bertz CT molecular complexity index is 617. The maximum Gasteiger partial charge on any atom is 0.149 e. The lowest BCUT2D eigenvalue weighted by Gasteiger charge is -2.23. The smallest absolute Gasteiger partial charge is 0.149 e. The molecular weight excluding hydrogens is 282 g/mol. The molecule has 1 aromatic carbocycles. The number of rotatable bonds is 3. The lowest BCUT2D eigenvalue weighted by atomic mass is 9.81. The molecule has 3 N–H and O–H groups in total. The fourth-order valence-corrected chi connectivity index (χ4v) is 4.72. The van der Waals surface area contributed by atoms with E-state index in [0.29, 0.717) is 5.75 Å². The van der Waals surface area contributed by atoms with Gasteiger partial charge >= 0.3 is 0 Å². The van der Waals surface area contributed by atoms with Crippen molar-refractivity contribution >= 4 is 5.78 Å². The summed E-state index contributed by atoms with van der Waals surface area (Å²) in [6.45, 7) is 2.03. The van der Waals surface area contributed by atoms with Crippen molar-refractivity contribution in [2.45, 2.75) is 50.4 Å². The summed E-state index contributed by atoms with van der Waals surface area (Å²) in [7, 11) is 0. The fraction of sp³-hybridized carbons (Fsp3) is 0.588. The lowest BCUT2D eigenvalue weighted by molar-refractivity contribution is -0.124. The Balaban J connectivity index is 1.73. The number of carbonyl (C=O) groups excluding carboxylic acids is 1. The van der Waals surface area contributed by atoms with Crippen LogP contribution in [0.1, 0.15) is 36.8 Å². The van der Waals surface area contributed by atoms with E-state index in [9.17, 15) is 9.90 Å². The molecule has 0 aromatic heterocycles. The second-order valence-electron chi connectivity index (χ2n) is 6.60. The highest BCUT2D eigenvalue weighted by molar-refractivity contribution is 5.93. The molecule has 6 atom stereocenters. The number of hydrogen-bond donors (Lipinski definition) is 2. The lowest BCUT2D eigenvalue weighted by Crippen LogP contribution is -2.31. The van der Waals surface area contributed by atoms with Crippen LogP contribution in [0.5, 0.6) is 5.75 Å². The number of benzene rings is 1. The van der Waals surface area contributed by atoms with E-state index in [2.05, 4.69) is 0 Å². The fourth-order valence-electron chi connectivity index (χ4n) is 4.72. The predicted molar refractivity (Wildman–Crippen MR) is 79.3 cm³/mol. The maximum atomic E-state index is 12.9. The molecule has 6 unspecified atom stereocenters. The quantitative estimate of drug-likeness (QED) is 0.823. The Hall–Kier alpha value is -1.43. The molecule has 3 fully saturated rings. The van der Waals surface area contributed by atoms with Gasteiger partial charge in [-0.25, -0.2) is 0 Å². The molecule has 118 valence electrons. The van der Waals surface area contributed by atoms with Crippen LogP contribution in [0.25, 0.3) is 0 Å². The number of ether oxygens (including phenoxy) is 1. The first-order chi connectivity index (χ1) is 10.7. The van der Waals surface area contributed by atoms with E-state index in [4.69, 9.17) is 15.5 Å². The Morgan fingerprint density at radius 1 is 1.36 bits per heavy atom. The van der Waals surface area contributed by atoms with Crippen molar-refractivity contribution in [3.05, 3.63) is 29.3 Å². The third-order valence-electron chi connectivity index (χ3n) is 5.67. The number of aliphatic hydroxyl groups is 1. The average Bonchev–Trinajstić information content (AvgIpc) is 3.21. The number of aryl methyl sites for hydroxylation is 1. The van der Waals surface area contributed by atoms with Crippen LogP contribution in [0.15, 0.2) is 18.2 Å². The van der Waals surface area contributed by atoms with E-state index in [1.807, 2.05) is 19.1 Å². The van der Waals surface area contributed by atoms with Crippen LogP contribution in [0.2, 0.25) is 0 Å². The minimum absolute atomic E-state index is 0.0128. The molecule has 2 aliphatic heterocycles. The molecule has 2 saturated heterocycles. The highest BCUT2D eigenvalue weighted by Gasteiger charge is 2.62. The molecule has 22 heavy (non-hydrogen) atoms. The molecule has 3 aliphatic rings. The molecule has 1 aromatic rings. The molecule has 0 amide bonds. The van der Waals surface area contributed by atoms with Crippen LogP contribution in [-0.2, 0) is 16.0 Å². The van der Waals surface area contributed by atoms with Gasteiger partial charge in [0.1, 0.15) is 11.5 Å².